The van der Waals surface area contributed by atoms with Crippen LogP contribution in [-0.2, 0) is 4.79 Å². The van der Waals surface area contributed by atoms with Gasteiger partial charge in [0.25, 0.3) is 0 Å². The molecule has 1 saturated heterocycles. The van der Waals surface area contributed by atoms with Gasteiger partial charge in [-0.3, -0.25) is 4.79 Å². The molecule has 1 aliphatic heterocycles. The Morgan fingerprint density at radius 1 is 1.33 bits per heavy atom. The van der Waals surface area contributed by atoms with Crippen LogP contribution in [0.3, 0.4) is 0 Å². The van der Waals surface area contributed by atoms with Crippen molar-refractivity contribution in [2.75, 3.05) is 30.8 Å². The summed E-state index contributed by atoms with van der Waals surface area (Å²) in [6, 6.07) is 0. The third kappa shape index (κ3) is 3.82. The number of alkyl halides is 1. The van der Waals surface area contributed by atoms with Crippen molar-refractivity contribution >= 4 is 23.5 Å². The number of aryl methyl sites for hydroxylation is 1. The number of rotatable bonds is 5. The molecule has 1 aliphatic carbocycles. The summed E-state index contributed by atoms with van der Waals surface area (Å²) in [7, 11) is 0. The highest BCUT2D eigenvalue weighted by molar-refractivity contribution is 7.98. The first-order valence-corrected chi connectivity index (χ1v) is 9.75. The van der Waals surface area contributed by atoms with E-state index in [1.54, 1.807) is 0 Å². The van der Waals surface area contributed by atoms with Crippen LogP contribution in [0.1, 0.15) is 36.9 Å². The fraction of sp³-hybridized carbons (Fsp3) is 0.706. The lowest BCUT2D eigenvalue weighted by Gasteiger charge is -2.37. The van der Waals surface area contributed by atoms with Crippen molar-refractivity contribution in [1.29, 1.82) is 0 Å². The van der Waals surface area contributed by atoms with E-state index in [9.17, 15) is 9.18 Å². The zero-order valence-corrected chi connectivity index (χ0v) is 15.4. The lowest BCUT2D eigenvalue weighted by Crippen LogP contribution is -2.49. The monoisotopic (exact) mass is 352 g/mol. The number of hydrogen-bond donors (Lipinski definition) is 1. The lowest BCUT2D eigenvalue weighted by atomic mass is 9.93. The van der Waals surface area contributed by atoms with Crippen LogP contribution in [0, 0.1) is 19.8 Å². The van der Waals surface area contributed by atoms with E-state index in [-0.39, 0.29) is 18.4 Å². The van der Waals surface area contributed by atoms with E-state index in [0.29, 0.717) is 25.9 Å². The maximum Gasteiger partial charge on any atom is 0.223 e. The second-order valence-electron chi connectivity index (χ2n) is 6.87. The second-order valence-corrected chi connectivity index (χ2v) is 7.65. The zero-order valence-electron chi connectivity index (χ0n) is 14.6. The van der Waals surface area contributed by atoms with Crippen molar-refractivity contribution in [3.63, 3.8) is 0 Å². The third-order valence-electron chi connectivity index (χ3n) is 5.01. The highest BCUT2D eigenvalue weighted by Gasteiger charge is 2.37. The predicted octanol–water partition coefficient (Wildman–Crippen LogP) is 2.65. The molecule has 0 unspecified atom stereocenters. The van der Waals surface area contributed by atoms with Gasteiger partial charge in [-0.2, -0.15) is 0 Å². The Hall–Kier alpha value is -1.37. The van der Waals surface area contributed by atoms with Gasteiger partial charge in [-0.25, -0.2) is 14.4 Å². The van der Waals surface area contributed by atoms with E-state index in [4.69, 9.17) is 0 Å². The van der Waals surface area contributed by atoms with Crippen LogP contribution >= 0.6 is 11.8 Å². The number of thioether (sulfide) groups is 1. The molecule has 0 aromatic carbocycles. The van der Waals surface area contributed by atoms with Crippen molar-refractivity contribution in [2.24, 2.45) is 5.92 Å². The molecule has 2 heterocycles. The third-order valence-corrected chi connectivity index (χ3v) is 5.56. The minimum Gasteiger partial charge on any atom is -0.356 e. The molecule has 1 saturated carbocycles. The Kier molecular flexibility index (Phi) is 4.99. The van der Waals surface area contributed by atoms with Gasteiger partial charge in [-0.15, -0.1) is 0 Å². The van der Waals surface area contributed by atoms with Crippen LogP contribution in [0.25, 0.3) is 0 Å². The van der Waals surface area contributed by atoms with Gasteiger partial charge in [0.1, 0.15) is 11.5 Å². The molecule has 0 spiro atoms. The first-order valence-electron chi connectivity index (χ1n) is 8.53. The number of piperidine rings is 1. The topological polar surface area (TPSA) is 58.1 Å². The van der Waals surface area contributed by atoms with Crippen molar-refractivity contribution in [3.8, 4) is 0 Å². The number of nitrogens with one attached hydrogen (secondary N) is 1. The number of carbonyl (C=O) groups excluding carboxylic acids is 1. The molecule has 5 nitrogen and oxygen atoms in total. The van der Waals surface area contributed by atoms with Crippen LogP contribution < -0.4 is 10.2 Å². The molecule has 1 N–H and O–H groups in total. The van der Waals surface area contributed by atoms with Crippen LogP contribution in [0.4, 0.5) is 10.2 Å². The average molecular weight is 352 g/mol. The largest absolute Gasteiger partial charge is 0.356 e. The van der Waals surface area contributed by atoms with E-state index < -0.39 is 5.67 Å². The number of aromatic nitrogens is 2. The van der Waals surface area contributed by atoms with Crippen LogP contribution in [-0.4, -0.2) is 47.4 Å². The first-order chi connectivity index (χ1) is 11.4. The number of carbonyl (C=O) groups is 1. The van der Waals surface area contributed by atoms with E-state index in [1.807, 2.05) is 20.1 Å². The van der Waals surface area contributed by atoms with Gasteiger partial charge in [0.05, 0.1) is 6.54 Å². The molecule has 1 amide bonds. The van der Waals surface area contributed by atoms with Gasteiger partial charge in [0, 0.05) is 43.1 Å². The quantitative estimate of drug-likeness (QED) is 0.652. The lowest BCUT2D eigenvalue weighted by molar-refractivity contribution is -0.123. The summed E-state index contributed by atoms with van der Waals surface area (Å²) in [6.45, 7) is 5.36. The average Bonchev–Trinajstić information content (AvgIpc) is 3.41. The Bertz CT molecular complexity index is 627. The number of halogens is 1. The fourth-order valence-corrected chi connectivity index (χ4v) is 3.43. The highest BCUT2D eigenvalue weighted by atomic mass is 32.2. The van der Waals surface area contributed by atoms with Crippen molar-refractivity contribution in [3.05, 3.63) is 11.3 Å². The molecule has 1 aromatic rings. The van der Waals surface area contributed by atoms with Gasteiger partial charge in [0.2, 0.25) is 5.91 Å². The number of amides is 1. The van der Waals surface area contributed by atoms with Crippen LogP contribution in [0.15, 0.2) is 5.16 Å². The summed E-state index contributed by atoms with van der Waals surface area (Å²) in [5.41, 5.74) is 0.721. The smallest absolute Gasteiger partial charge is 0.223 e. The normalized spacial score (nSPS) is 20.1. The zero-order chi connectivity index (χ0) is 17.3. The molecule has 2 fully saturated rings. The first kappa shape index (κ1) is 17.5. The Morgan fingerprint density at radius 3 is 2.58 bits per heavy atom. The minimum absolute atomic E-state index is 0.0151. The fourth-order valence-electron chi connectivity index (χ4n) is 3.02. The summed E-state index contributed by atoms with van der Waals surface area (Å²) in [5.74, 6) is 1.06. The van der Waals surface area contributed by atoms with Gasteiger partial charge in [0.15, 0.2) is 5.16 Å². The van der Waals surface area contributed by atoms with Gasteiger partial charge in [-0.1, -0.05) is 11.8 Å². The Morgan fingerprint density at radius 2 is 2.00 bits per heavy atom. The summed E-state index contributed by atoms with van der Waals surface area (Å²) >= 11 is 1.52. The second kappa shape index (κ2) is 6.86. The van der Waals surface area contributed by atoms with Crippen molar-refractivity contribution < 1.29 is 9.18 Å². The van der Waals surface area contributed by atoms with Gasteiger partial charge >= 0.3 is 0 Å². The van der Waals surface area contributed by atoms with Gasteiger partial charge < -0.3 is 10.2 Å². The predicted molar refractivity (Wildman–Crippen MR) is 94.3 cm³/mol. The maximum atomic E-state index is 15.0. The molecular formula is C17H25FN4OS. The molecule has 3 rings (SSSR count). The molecule has 0 radical (unpaired) electrons. The minimum atomic E-state index is -1.31. The number of hydrogen-bond acceptors (Lipinski definition) is 5. The van der Waals surface area contributed by atoms with Gasteiger partial charge in [-0.05, 0) is 32.9 Å². The van der Waals surface area contributed by atoms with E-state index in [2.05, 4.69) is 20.2 Å². The SMILES string of the molecule is CSc1nc(C)c(C)c(N2CCC(F)(CNC(=O)C3CC3)CC2)n1. The summed E-state index contributed by atoms with van der Waals surface area (Å²) in [6.07, 6.45) is 4.68. The van der Waals surface area contributed by atoms with Crippen molar-refractivity contribution in [2.45, 2.75) is 50.4 Å². The molecule has 2 aliphatic rings. The highest BCUT2D eigenvalue weighted by Crippen LogP contribution is 2.32. The van der Waals surface area contributed by atoms with Crippen molar-refractivity contribution in [1.82, 2.24) is 15.3 Å². The molecule has 0 bridgehead atoms. The summed E-state index contributed by atoms with van der Waals surface area (Å²) in [4.78, 5) is 22.9. The van der Waals surface area contributed by atoms with E-state index in [1.165, 1.54) is 11.8 Å². The maximum absolute atomic E-state index is 15.0. The summed E-state index contributed by atoms with van der Waals surface area (Å²) < 4.78 is 15.0. The van der Waals surface area contributed by atoms with E-state index in [0.717, 1.165) is 35.1 Å². The Balaban J connectivity index is 1.62. The van der Waals surface area contributed by atoms with Crippen LogP contribution in [0.5, 0.6) is 0 Å². The Labute approximate surface area is 146 Å². The molecule has 1 aromatic heterocycles. The number of anilines is 1. The van der Waals surface area contributed by atoms with Crippen LogP contribution in [0.2, 0.25) is 0 Å². The standard InChI is InChI=1S/C17H25FN4OS/c1-11-12(2)20-16(24-3)21-14(11)22-8-6-17(18,7-9-22)10-19-15(23)13-4-5-13/h13H,4-10H2,1-3H3,(H,19,23). The van der Waals surface area contributed by atoms with E-state index >= 15 is 0 Å². The molecule has 7 heteroatoms. The molecule has 132 valence electrons. The molecular weight excluding hydrogens is 327 g/mol. The summed E-state index contributed by atoms with van der Waals surface area (Å²) in [5, 5.41) is 3.54. The molecule has 0 atom stereocenters. The molecule has 24 heavy (non-hydrogen) atoms. The number of nitrogens with zero attached hydrogens (tertiary/aromatic N) is 3.